The number of rotatable bonds is 6. The first-order valence-electron chi connectivity index (χ1n) is 7.30. The smallest absolute Gasteiger partial charge is 0.338 e. The highest BCUT2D eigenvalue weighted by molar-refractivity contribution is 5.94. The predicted octanol–water partition coefficient (Wildman–Crippen LogP) is 2.95. The molecule has 2 rings (SSSR count). The summed E-state index contributed by atoms with van der Waals surface area (Å²) in [5, 5.41) is 13.6. The van der Waals surface area contributed by atoms with Crippen molar-refractivity contribution in [3.8, 4) is 0 Å². The molecule has 0 radical (unpaired) electrons. The Labute approximate surface area is 138 Å². The number of carbonyl (C=O) groups excluding carboxylic acids is 2. The van der Waals surface area contributed by atoms with Crippen LogP contribution in [0.4, 0.5) is 11.4 Å². The molecule has 0 atom stereocenters. The first-order valence-corrected chi connectivity index (χ1v) is 7.30. The monoisotopic (exact) mass is 328 g/mol. The average Bonchev–Trinajstić information content (AvgIpc) is 2.56. The van der Waals surface area contributed by atoms with Gasteiger partial charge < -0.3 is 10.1 Å². The van der Waals surface area contributed by atoms with Crippen molar-refractivity contribution in [2.45, 2.75) is 13.3 Å². The van der Waals surface area contributed by atoms with Gasteiger partial charge in [0.2, 0.25) is 5.91 Å². The van der Waals surface area contributed by atoms with Crippen LogP contribution in [0.3, 0.4) is 0 Å². The van der Waals surface area contributed by atoms with Gasteiger partial charge >= 0.3 is 5.97 Å². The molecule has 2 aromatic carbocycles. The Balaban J connectivity index is 2.03. The van der Waals surface area contributed by atoms with Crippen molar-refractivity contribution >= 4 is 23.3 Å². The number of esters is 1. The van der Waals surface area contributed by atoms with Crippen molar-refractivity contribution in [2.24, 2.45) is 0 Å². The van der Waals surface area contributed by atoms with Crippen molar-refractivity contribution in [3.05, 3.63) is 69.8 Å². The van der Waals surface area contributed by atoms with Crippen molar-refractivity contribution in [1.82, 2.24) is 0 Å². The highest BCUT2D eigenvalue weighted by Crippen LogP contribution is 2.19. The summed E-state index contributed by atoms with van der Waals surface area (Å²) in [7, 11) is 0. The highest BCUT2D eigenvalue weighted by Gasteiger charge is 2.15. The summed E-state index contributed by atoms with van der Waals surface area (Å²) in [5.41, 5.74) is 1.12. The molecular weight excluding hydrogens is 312 g/mol. The normalized spacial score (nSPS) is 10.0. The fourth-order valence-corrected chi connectivity index (χ4v) is 2.12. The molecule has 0 aromatic heterocycles. The summed E-state index contributed by atoms with van der Waals surface area (Å²) in [4.78, 5) is 34.0. The Hall–Kier alpha value is -3.22. The van der Waals surface area contributed by atoms with Gasteiger partial charge in [-0.2, -0.15) is 0 Å². The van der Waals surface area contributed by atoms with Crippen LogP contribution in [0.25, 0.3) is 0 Å². The van der Waals surface area contributed by atoms with E-state index in [-0.39, 0.29) is 24.6 Å². The number of hydrogen-bond donors (Lipinski definition) is 1. The van der Waals surface area contributed by atoms with Gasteiger partial charge in [0.05, 0.1) is 23.5 Å². The van der Waals surface area contributed by atoms with Crippen molar-refractivity contribution < 1.29 is 19.2 Å². The van der Waals surface area contributed by atoms with E-state index in [9.17, 15) is 19.7 Å². The van der Waals surface area contributed by atoms with E-state index in [1.807, 2.05) is 0 Å². The third-order valence-corrected chi connectivity index (χ3v) is 3.22. The van der Waals surface area contributed by atoms with E-state index in [1.54, 1.807) is 49.4 Å². The molecule has 7 nitrogen and oxygen atoms in total. The standard InChI is InChI=1S/C17H16N2O5/c1-2-24-17(21)12-7-9-14(10-8-12)18-16(20)11-13-5-3-4-6-15(13)19(22)23/h3-10H,2,11H2,1H3,(H,18,20). The second kappa shape index (κ2) is 7.87. The van der Waals surface area contributed by atoms with Crippen molar-refractivity contribution in [1.29, 1.82) is 0 Å². The van der Waals surface area contributed by atoms with E-state index in [2.05, 4.69) is 5.32 Å². The number of amides is 1. The number of hydrogen-bond acceptors (Lipinski definition) is 5. The molecule has 1 N–H and O–H groups in total. The fraction of sp³-hybridized carbons (Fsp3) is 0.176. The first kappa shape index (κ1) is 17.1. The number of benzene rings is 2. The molecule has 2 aromatic rings. The van der Waals surface area contributed by atoms with E-state index in [0.29, 0.717) is 16.8 Å². The summed E-state index contributed by atoms with van der Waals surface area (Å²) in [6.07, 6.45) is -0.114. The maximum atomic E-state index is 12.1. The maximum Gasteiger partial charge on any atom is 0.338 e. The minimum atomic E-state index is -0.517. The molecule has 7 heteroatoms. The Kier molecular flexibility index (Phi) is 5.62. The second-order valence-electron chi connectivity index (χ2n) is 4.91. The zero-order chi connectivity index (χ0) is 17.5. The van der Waals surface area contributed by atoms with E-state index in [1.165, 1.54) is 6.07 Å². The van der Waals surface area contributed by atoms with E-state index < -0.39 is 10.9 Å². The third kappa shape index (κ3) is 4.39. The number of nitro benzene ring substituents is 1. The maximum absolute atomic E-state index is 12.1. The van der Waals surface area contributed by atoms with E-state index in [4.69, 9.17) is 4.74 Å². The molecule has 0 aliphatic heterocycles. The summed E-state index contributed by atoms with van der Waals surface area (Å²) >= 11 is 0. The minimum Gasteiger partial charge on any atom is -0.462 e. The number of nitrogens with one attached hydrogen (secondary N) is 1. The lowest BCUT2D eigenvalue weighted by Gasteiger charge is -2.07. The van der Waals surface area contributed by atoms with Crippen LogP contribution in [0, 0.1) is 10.1 Å². The van der Waals surface area contributed by atoms with Crippen molar-refractivity contribution in [3.63, 3.8) is 0 Å². The van der Waals surface area contributed by atoms with Gasteiger partial charge in [-0.05, 0) is 31.2 Å². The number of para-hydroxylation sites is 1. The van der Waals surface area contributed by atoms with Crippen molar-refractivity contribution in [2.75, 3.05) is 11.9 Å². The molecule has 0 saturated carbocycles. The Bertz CT molecular complexity index is 756. The topological polar surface area (TPSA) is 98.5 Å². The molecule has 0 unspecified atom stereocenters. The molecular formula is C17H16N2O5. The van der Waals surface area contributed by atoms with Gasteiger partial charge in [0.1, 0.15) is 0 Å². The fourth-order valence-electron chi connectivity index (χ4n) is 2.12. The van der Waals surface area contributed by atoms with Gasteiger partial charge in [0.15, 0.2) is 0 Å². The van der Waals surface area contributed by atoms with E-state index in [0.717, 1.165) is 0 Å². The molecule has 0 aliphatic rings. The van der Waals surface area contributed by atoms with Crippen LogP contribution in [-0.2, 0) is 16.0 Å². The van der Waals surface area contributed by atoms with Crippen LogP contribution >= 0.6 is 0 Å². The molecule has 124 valence electrons. The lowest BCUT2D eigenvalue weighted by molar-refractivity contribution is -0.385. The van der Waals surface area contributed by atoms with Crippen LogP contribution in [-0.4, -0.2) is 23.4 Å². The van der Waals surface area contributed by atoms with Crippen LogP contribution in [0.2, 0.25) is 0 Å². The van der Waals surface area contributed by atoms with E-state index >= 15 is 0 Å². The highest BCUT2D eigenvalue weighted by atomic mass is 16.6. The molecule has 0 aliphatic carbocycles. The van der Waals surface area contributed by atoms with Crippen LogP contribution in [0.5, 0.6) is 0 Å². The van der Waals surface area contributed by atoms with Gasteiger partial charge in [-0.3, -0.25) is 14.9 Å². The Morgan fingerprint density at radius 1 is 1.12 bits per heavy atom. The summed E-state index contributed by atoms with van der Waals surface area (Å²) in [5.74, 6) is -0.816. The van der Waals surface area contributed by atoms with Gasteiger partial charge in [-0.1, -0.05) is 18.2 Å². The van der Waals surface area contributed by atoms with Gasteiger partial charge in [0, 0.05) is 17.3 Å². The molecule has 24 heavy (non-hydrogen) atoms. The quantitative estimate of drug-likeness (QED) is 0.499. The summed E-state index contributed by atoms with van der Waals surface area (Å²) < 4.78 is 4.87. The Morgan fingerprint density at radius 3 is 2.42 bits per heavy atom. The number of carbonyl (C=O) groups is 2. The Morgan fingerprint density at radius 2 is 1.79 bits per heavy atom. The van der Waals surface area contributed by atoms with Gasteiger partial charge in [0.25, 0.3) is 5.69 Å². The molecule has 0 fully saturated rings. The lowest BCUT2D eigenvalue weighted by atomic mass is 10.1. The van der Waals surface area contributed by atoms with Crippen LogP contribution < -0.4 is 5.32 Å². The lowest BCUT2D eigenvalue weighted by Crippen LogP contribution is -2.15. The third-order valence-electron chi connectivity index (χ3n) is 3.22. The molecule has 0 saturated heterocycles. The van der Waals surface area contributed by atoms with Gasteiger partial charge in [-0.15, -0.1) is 0 Å². The molecule has 0 spiro atoms. The zero-order valence-corrected chi connectivity index (χ0v) is 13.0. The minimum absolute atomic E-state index is 0.0923. The second-order valence-corrected chi connectivity index (χ2v) is 4.91. The molecule has 0 heterocycles. The first-order chi connectivity index (χ1) is 11.5. The zero-order valence-electron chi connectivity index (χ0n) is 13.0. The largest absolute Gasteiger partial charge is 0.462 e. The average molecular weight is 328 g/mol. The molecule has 0 bridgehead atoms. The predicted molar refractivity (Wildman–Crippen MR) is 87.8 cm³/mol. The van der Waals surface area contributed by atoms with Crippen LogP contribution in [0.15, 0.2) is 48.5 Å². The summed E-state index contributed by atoms with van der Waals surface area (Å²) in [6, 6.07) is 12.3. The number of anilines is 1. The SMILES string of the molecule is CCOC(=O)c1ccc(NC(=O)Cc2ccccc2[N+](=O)[O-])cc1. The number of nitro groups is 1. The number of nitrogens with zero attached hydrogens (tertiary/aromatic N) is 1. The van der Waals surface area contributed by atoms with Gasteiger partial charge in [-0.25, -0.2) is 4.79 Å². The number of ether oxygens (including phenoxy) is 1. The molecule has 1 amide bonds. The summed E-state index contributed by atoms with van der Waals surface area (Å²) in [6.45, 7) is 2.00. The van der Waals surface area contributed by atoms with Crippen LogP contribution in [0.1, 0.15) is 22.8 Å².